The van der Waals surface area contributed by atoms with E-state index in [0.29, 0.717) is 17.5 Å². The van der Waals surface area contributed by atoms with Gasteiger partial charge in [0.25, 0.3) is 0 Å². The molecule has 0 bridgehead atoms. The average molecular weight is 923 g/mol. The van der Waals surface area contributed by atoms with Crippen molar-refractivity contribution < 1.29 is 8.83 Å². The van der Waals surface area contributed by atoms with Crippen molar-refractivity contribution in [2.24, 2.45) is 0 Å². The molecule has 0 radical (unpaired) electrons. The zero-order valence-electron chi connectivity index (χ0n) is 39.4. The van der Waals surface area contributed by atoms with Gasteiger partial charge >= 0.3 is 0 Å². The first-order valence-electron chi connectivity index (χ1n) is 24.5. The highest BCUT2D eigenvalue weighted by Crippen LogP contribution is 2.51. The Kier molecular flexibility index (Phi) is 8.61. The Hall–Kier alpha value is -9.39. The van der Waals surface area contributed by atoms with E-state index in [1.54, 1.807) is 0 Å². The second-order valence-electron chi connectivity index (χ2n) is 19.5. The third kappa shape index (κ3) is 6.05. The van der Waals surface area contributed by atoms with Gasteiger partial charge < -0.3 is 13.4 Å². The molecule has 0 amide bonds. The van der Waals surface area contributed by atoms with E-state index in [1.807, 2.05) is 54.6 Å². The van der Waals surface area contributed by atoms with E-state index in [1.165, 1.54) is 44.1 Å². The molecule has 0 atom stereocenters. The van der Waals surface area contributed by atoms with Crippen molar-refractivity contribution in [1.29, 1.82) is 0 Å². The maximum atomic E-state index is 6.64. The summed E-state index contributed by atoms with van der Waals surface area (Å²) in [5.41, 5.74) is 19.0. The molecule has 338 valence electrons. The van der Waals surface area contributed by atoms with E-state index >= 15 is 0 Å². The minimum absolute atomic E-state index is 0.125. The number of rotatable bonds is 6. The van der Waals surface area contributed by atoms with Crippen LogP contribution in [0.15, 0.2) is 227 Å². The Morgan fingerprint density at radius 1 is 0.333 bits per heavy atom. The molecule has 0 saturated carbocycles. The summed E-state index contributed by atoms with van der Waals surface area (Å²) < 4.78 is 15.6. The molecule has 6 nitrogen and oxygen atoms in total. The fourth-order valence-electron chi connectivity index (χ4n) is 11.6. The van der Waals surface area contributed by atoms with Crippen molar-refractivity contribution in [3.63, 3.8) is 0 Å². The van der Waals surface area contributed by atoms with E-state index in [0.717, 1.165) is 88.5 Å². The van der Waals surface area contributed by atoms with Crippen molar-refractivity contribution >= 4 is 65.7 Å². The lowest BCUT2D eigenvalue weighted by molar-refractivity contribution is 0.661. The van der Waals surface area contributed by atoms with Gasteiger partial charge in [-0.1, -0.05) is 159 Å². The lowest BCUT2D eigenvalue weighted by Gasteiger charge is -2.21. The largest absolute Gasteiger partial charge is 0.456 e. The maximum Gasteiger partial charge on any atom is 0.164 e. The number of para-hydroxylation sites is 1. The Balaban J connectivity index is 0.891. The van der Waals surface area contributed by atoms with Crippen LogP contribution in [0.2, 0.25) is 0 Å². The summed E-state index contributed by atoms with van der Waals surface area (Å²) in [7, 11) is 0. The van der Waals surface area contributed by atoms with Gasteiger partial charge in [0, 0.05) is 60.1 Å². The van der Waals surface area contributed by atoms with Crippen LogP contribution in [0.5, 0.6) is 0 Å². The fraction of sp³-hybridized carbons (Fsp3) is 0.0455. The van der Waals surface area contributed by atoms with Gasteiger partial charge in [-0.25, -0.2) is 15.0 Å². The van der Waals surface area contributed by atoms with Crippen LogP contribution in [0, 0.1) is 0 Å². The molecule has 4 aromatic heterocycles. The average Bonchev–Trinajstić information content (AvgIpc) is 4.16. The Labute approximate surface area is 414 Å². The van der Waals surface area contributed by atoms with Crippen LogP contribution in [0.1, 0.15) is 25.0 Å². The number of nitrogens with zero attached hydrogens (tertiary/aromatic N) is 4. The zero-order valence-corrected chi connectivity index (χ0v) is 39.4. The van der Waals surface area contributed by atoms with Gasteiger partial charge in [-0.3, -0.25) is 0 Å². The summed E-state index contributed by atoms with van der Waals surface area (Å²) in [6, 6.07) is 77.1. The quantitative estimate of drug-likeness (QED) is 0.166. The summed E-state index contributed by atoms with van der Waals surface area (Å²) >= 11 is 0. The number of hydrogen-bond donors (Lipinski definition) is 0. The van der Waals surface area contributed by atoms with E-state index in [4.69, 9.17) is 23.8 Å². The molecule has 0 saturated heterocycles. The van der Waals surface area contributed by atoms with Crippen LogP contribution in [0.25, 0.3) is 139 Å². The Bertz CT molecular complexity index is 4530. The van der Waals surface area contributed by atoms with Gasteiger partial charge in [0.15, 0.2) is 17.5 Å². The molecule has 0 unspecified atom stereocenters. The highest BCUT2D eigenvalue weighted by molar-refractivity contribution is 6.16. The predicted octanol–water partition coefficient (Wildman–Crippen LogP) is 17.4. The van der Waals surface area contributed by atoms with Crippen LogP contribution >= 0.6 is 0 Å². The van der Waals surface area contributed by atoms with Gasteiger partial charge in [-0.05, 0) is 117 Å². The number of benzene rings is 10. The lowest BCUT2D eigenvalue weighted by atomic mass is 9.82. The number of furan rings is 2. The number of fused-ring (bicyclic) bond motifs is 12. The summed E-state index contributed by atoms with van der Waals surface area (Å²) in [6.07, 6.45) is 0. The second kappa shape index (κ2) is 15.3. The Morgan fingerprint density at radius 2 is 0.917 bits per heavy atom. The molecule has 1 aliphatic rings. The van der Waals surface area contributed by atoms with Crippen LogP contribution < -0.4 is 0 Å². The van der Waals surface area contributed by atoms with Crippen molar-refractivity contribution in [2.45, 2.75) is 19.3 Å². The molecule has 10 aromatic carbocycles. The molecular formula is C66H42N4O2. The molecule has 72 heavy (non-hydrogen) atoms. The van der Waals surface area contributed by atoms with E-state index in [9.17, 15) is 0 Å². The number of aromatic nitrogens is 4. The fourth-order valence-corrected chi connectivity index (χ4v) is 11.6. The first-order valence-corrected chi connectivity index (χ1v) is 24.5. The SMILES string of the molecule is CC1(C)c2ccccc2-c2cc3c(cc21)c1cc(-c2ccc4oc5cccc(-c6nc(-c7ccccc7)nc(-c7ccc8c(c7)oc7cccc(-c9ccccc9)c78)n6)c5c4c2)ccc1n3-c1ccccc1. The highest BCUT2D eigenvalue weighted by Gasteiger charge is 2.36. The van der Waals surface area contributed by atoms with E-state index in [-0.39, 0.29) is 5.41 Å². The topological polar surface area (TPSA) is 69.9 Å². The van der Waals surface area contributed by atoms with Crippen LogP contribution in [-0.2, 0) is 5.41 Å². The molecule has 6 heteroatoms. The third-order valence-electron chi connectivity index (χ3n) is 15.1. The minimum Gasteiger partial charge on any atom is -0.456 e. The molecule has 0 N–H and O–H groups in total. The van der Waals surface area contributed by atoms with Gasteiger partial charge in [-0.15, -0.1) is 0 Å². The van der Waals surface area contributed by atoms with E-state index in [2.05, 4.69) is 182 Å². The zero-order chi connectivity index (χ0) is 47.7. The molecule has 0 spiro atoms. The first kappa shape index (κ1) is 40.5. The normalized spacial score (nSPS) is 13.0. The first-order chi connectivity index (χ1) is 35.4. The molecule has 0 aliphatic heterocycles. The van der Waals surface area contributed by atoms with Crippen LogP contribution in [-0.4, -0.2) is 19.5 Å². The molecule has 4 heterocycles. The summed E-state index contributed by atoms with van der Waals surface area (Å²) in [6.45, 7) is 4.71. The van der Waals surface area contributed by atoms with Gasteiger partial charge in [0.2, 0.25) is 0 Å². The molecule has 14 aromatic rings. The smallest absolute Gasteiger partial charge is 0.164 e. The lowest BCUT2D eigenvalue weighted by Crippen LogP contribution is -2.14. The summed E-state index contributed by atoms with van der Waals surface area (Å²) in [5.74, 6) is 1.69. The van der Waals surface area contributed by atoms with Crippen molar-refractivity contribution in [3.8, 4) is 73.2 Å². The molecule has 0 fully saturated rings. The third-order valence-corrected chi connectivity index (χ3v) is 15.1. The van der Waals surface area contributed by atoms with Gasteiger partial charge in [0.1, 0.15) is 22.3 Å². The van der Waals surface area contributed by atoms with Crippen LogP contribution in [0.4, 0.5) is 0 Å². The van der Waals surface area contributed by atoms with Crippen molar-refractivity contribution in [3.05, 3.63) is 230 Å². The summed E-state index contributed by atoms with van der Waals surface area (Å²) in [4.78, 5) is 15.6. The molecule has 15 rings (SSSR count). The van der Waals surface area contributed by atoms with E-state index < -0.39 is 0 Å². The maximum absolute atomic E-state index is 6.64. The minimum atomic E-state index is -0.125. The molecule has 1 aliphatic carbocycles. The van der Waals surface area contributed by atoms with Gasteiger partial charge in [0.05, 0.1) is 11.0 Å². The number of hydrogen-bond acceptors (Lipinski definition) is 5. The van der Waals surface area contributed by atoms with Crippen molar-refractivity contribution in [2.75, 3.05) is 0 Å². The monoisotopic (exact) mass is 922 g/mol. The Morgan fingerprint density at radius 3 is 1.69 bits per heavy atom. The summed E-state index contributed by atoms with van der Waals surface area (Å²) in [5, 5.41) is 6.51. The van der Waals surface area contributed by atoms with Crippen molar-refractivity contribution in [1.82, 2.24) is 19.5 Å². The molecular weight excluding hydrogens is 881 g/mol. The second-order valence-corrected chi connectivity index (χ2v) is 19.5. The van der Waals surface area contributed by atoms with Crippen LogP contribution in [0.3, 0.4) is 0 Å². The predicted molar refractivity (Wildman–Crippen MR) is 293 cm³/mol. The van der Waals surface area contributed by atoms with Gasteiger partial charge in [-0.2, -0.15) is 0 Å². The highest BCUT2D eigenvalue weighted by atomic mass is 16.3. The standard InChI is InChI=1S/C66H42N4O2/c1-66(2)53-25-13-12-22-46(53)49-38-56-51(37-54(49)66)50-34-41(29-32-55(50)70(56)44-20-10-5-11-21-44)42-30-33-57-52(35-42)62-48(24-15-27-59(62)71-57)65-68-63(40-18-8-4-9-19-40)67-64(69-65)43-28-31-47-60(36-43)72-58-26-14-23-45(61(47)58)39-16-6-3-7-17-39/h3-38H,1-2H3.